The van der Waals surface area contributed by atoms with E-state index < -0.39 is 37.0 Å². The van der Waals surface area contributed by atoms with Crippen molar-refractivity contribution in [2.75, 3.05) is 56.6 Å². The molecule has 18 heteroatoms. The Hall–Kier alpha value is -6.60. The van der Waals surface area contributed by atoms with Crippen LogP contribution >= 0.6 is 0 Å². The maximum absolute atomic E-state index is 14.1. The number of amides is 1. The van der Waals surface area contributed by atoms with E-state index in [0.717, 1.165) is 94.0 Å². The lowest BCUT2D eigenvalue weighted by Crippen LogP contribution is -2.68. The molecule has 1 spiro atoms. The van der Waals surface area contributed by atoms with Gasteiger partial charge in [0.25, 0.3) is 15.9 Å². The molecule has 2 saturated heterocycles. The molecular formula is C54H63N9O8S. The lowest BCUT2D eigenvalue weighted by molar-refractivity contribution is -0.384. The highest BCUT2D eigenvalue weighted by molar-refractivity contribution is 7.90. The molecule has 72 heavy (non-hydrogen) atoms. The summed E-state index contributed by atoms with van der Waals surface area (Å²) in [5.74, 6) is 0.821. The van der Waals surface area contributed by atoms with Gasteiger partial charge in [-0.05, 0) is 110 Å². The zero-order chi connectivity index (χ0) is 50.4. The van der Waals surface area contributed by atoms with Crippen LogP contribution in [0, 0.1) is 21.4 Å². The molecule has 3 aromatic heterocycles. The van der Waals surface area contributed by atoms with E-state index in [1.807, 2.05) is 18.2 Å². The molecule has 378 valence electrons. The van der Waals surface area contributed by atoms with Crippen molar-refractivity contribution in [3.05, 3.63) is 136 Å². The van der Waals surface area contributed by atoms with Crippen LogP contribution in [0.1, 0.15) is 98.3 Å². The van der Waals surface area contributed by atoms with E-state index in [2.05, 4.69) is 89.9 Å². The Balaban J connectivity index is 0.839. The summed E-state index contributed by atoms with van der Waals surface area (Å²) in [6, 6.07) is 27.6. The summed E-state index contributed by atoms with van der Waals surface area (Å²) in [6.07, 6.45) is 9.12. The van der Waals surface area contributed by atoms with E-state index in [-0.39, 0.29) is 34.5 Å². The highest BCUT2D eigenvalue weighted by Gasteiger charge is 2.55. The van der Waals surface area contributed by atoms with Gasteiger partial charge in [0.1, 0.15) is 27.8 Å². The number of rotatable bonds is 16. The van der Waals surface area contributed by atoms with Gasteiger partial charge in [-0.25, -0.2) is 23.1 Å². The number of carbonyl (C=O) groups is 1. The van der Waals surface area contributed by atoms with Crippen LogP contribution in [0.2, 0.25) is 0 Å². The Labute approximate surface area is 420 Å². The van der Waals surface area contributed by atoms with Crippen LogP contribution in [0.5, 0.6) is 17.2 Å². The van der Waals surface area contributed by atoms with Crippen molar-refractivity contribution in [2.45, 2.75) is 94.3 Å². The maximum atomic E-state index is 14.1. The van der Waals surface area contributed by atoms with Crippen LogP contribution in [-0.4, -0.2) is 107 Å². The van der Waals surface area contributed by atoms with Gasteiger partial charge in [0.05, 0.1) is 35.6 Å². The molecular weight excluding hydrogens is 935 g/mol. The Morgan fingerprint density at radius 3 is 2.47 bits per heavy atom. The first kappa shape index (κ1) is 49.0. The lowest BCUT2D eigenvalue weighted by Gasteiger charge is -2.63. The molecule has 0 bridgehead atoms. The van der Waals surface area contributed by atoms with Crippen molar-refractivity contribution in [3.8, 4) is 17.2 Å². The number of nitro groups is 1. The summed E-state index contributed by atoms with van der Waals surface area (Å²) < 4.78 is 41.5. The first-order valence-corrected chi connectivity index (χ1v) is 26.4. The van der Waals surface area contributed by atoms with Gasteiger partial charge in [0.15, 0.2) is 0 Å². The third-order valence-corrected chi connectivity index (χ3v) is 16.7. The summed E-state index contributed by atoms with van der Waals surface area (Å²) in [7, 11) is -2.96. The largest absolute Gasteiger partial charge is 0.497 e. The van der Waals surface area contributed by atoms with E-state index in [0.29, 0.717) is 42.7 Å². The topological polar surface area (TPSA) is 208 Å². The molecule has 0 unspecified atom stereocenters. The van der Waals surface area contributed by atoms with Crippen molar-refractivity contribution >= 4 is 44.2 Å². The van der Waals surface area contributed by atoms with Gasteiger partial charge < -0.3 is 29.8 Å². The van der Waals surface area contributed by atoms with Crippen LogP contribution < -0.4 is 24.4 Å². The van der Waals surface area contributed by atoms with Crippen molar-refractivity contribution in [1.82, 2.24) is 29.5 Å². The molecule has 6 aromatic rings. The number of H-pyrrole nitrogens is 1. The summed E-state index contributed by atoms with van der Waals surface area (Å²) in [4.78, 5) is 44.2. The summed E-state index contributed by atoms with van der Waals surface area (Å²) in [6.45, 7) is 12.1. The number of anilines is 2. The lowest BCUT2D eigenvalue weighted by atomic mass is 9.59. The number of methoxy groups -OCH3 is 1. The van der Waals surface area contributed by atoms with Gasteiger partial charge in [-0.15, -0.1) is 0 Å². The molecule has 4 N–H and O–H groups in total. The van der Waals surface area contributed by atoms with Gasteiger partial charge in [-0.1, -0.05) is 50.2 Å². The molecule has 5 heterocycles. The normalized spacial score (nSPS) is 21.6. The van der Waals surface area contributed by atoms with Crippen molar-refractivity contribution in [2.24, 2.45) is 11.3 Å². The number of piperazine rings is 1. The Bertz CT molecular complexity index is 3070. The number of pyridine rings is 2. The number of benzene rings is 3. The highest BCUT2D eigenvalue weighted by atomic mass is 32.2. The van der Waals surface area contributed by atoms with Gasteiger partial charge in [0, 0.05) is 92.7 Å². The second-order valence-corrected chi connectivity index (χ2v) is 22.6. The fraction of sp³-hybridized carbons (Fsp3) is 0.426. The molecule has 2 aliphatic carbocycles. The molecule has 2 saturated carbocycles. The van der Waals surface area contributed by atoms with Crippen molar-refractivity contribution in [1.29, 1.82) is 0 Å². The van der Waals surface area contributed by atoms with Crippen LogP contribution in [0.4, 0.5) is 17.2 Å². The number of sulfonamides is 1. The first-order chi connectivity index (χ1) is 34.5. The van der Waals surface area contributed by atoms with Crippen molar-refractivity contribution in [3.63, 3.8) is 0 Å². The average molecular weight is 998 g/mol. The zero-order valence-electron chi connectivity index (χ0n) is 41.2. The molecule has 0 radical (unpaired) electrons. The number of hydrogen-bond acceptors (Lipinski definition) is 14. The number of hydrogen-bond donors (Lipinski definition) is 4. The quantitative estimate of drug-likeness (QED) is 0.0528. The van der Waals surface area contributed by atoms with E-state index in [9.17, 15) is 28.4 Å². The van der Waals surface area contributed by atoms with Gasteiger partial charge in [-0.3, -0.25) is 24.7 Å². The molecule has 1 atom stereocenters. The SMILES string of the molecule is COc1ccc(CN2CCN(C3CC4(C3)CN(c3ccc(C(=O)NS(=O)(=O)c5cnc(NCC6CCC(C)(O)CC6)c([N+](=O)[O-])c5)c(Oc5cnc6[nH]ccc6c5)c3)C4)[C@H](c3ccccc3C(C)C)C2)cc1. The van der Waals surface area contributed by atoms with E-state index in [4.69, 9.17) is 9.47 Å². The standard InChI is InChI=1S/C54H63N9O8S/c1-35(2)44-7-5-6-8-45(44)48-32-60(31-37-9-12-41(70-4)13-10-37)21-22-62(48)40-26-54(27-40)33-61(34-54)39-11-14-46(49(24-39)71-42-23-38-17-20-55-50(38)57-29-42)52(64)59-72(68,69)43-25-47(63(66)67)51(58-30-43)56-28-36-15-18-53(3,65)19-16-36/h5-14,17,20,23-25,29-30,35-36,40,48,65H,15-16,18-19,21-22,26-28,31-34H2,1-4H3,(H,55,57)(H,56,58)(H,59,64)/t36?,48-,53?/m0/s1. The summed E-state index contributed by atoms with van der Waals surface area (Å²) in [5, 5.41) is 26.3. The minimum atomic E-state index is -4.65. The third-order valence-electron chi connectivity index (χ3n) is 15.4. The smallest absolute Gasteiger partial charge is 0.312 e. The molecule has 4 fully saturated rings. The number of aliphatic hydroxyl groups is 1. The third kappa shape index (κ3) is 10.4. The fourth-order valence-electron chi connectivity index (χ4n) is 11.3. The van der Waals surface area contributed by atoms with Crippen LogP contribution in [0.3, 0.4) is 0 Å². The monoisotopic (exact) mass is 997 g/mol. The van der Waals surface area contributed by atoms with E-state index >= 15 is 0 Å². The number of ether oxygens (including phenoxy) is 2. The summed E-state index contributed by atoms with van der Waals surface area (Å²) >= 11 is 0. The predicted molar refractivity (Wildman–Crippen MR) is 275 cm³/mol. The van der Waals surface area contributed by atoms with E-state index in [1.54, 1.807) is 44.5 Å². The summed E-state index contributed by atoms with van der Waals surface area (Å²) in [5.41, 5.74) is 4.37. The van der Waals surface area contributed by atoms with Crippen LogP contribution in [0.15, 0.2) is 108 Å². The molecule has 10 rings (SSSR count). The first-order valence-electron chi connectivity index (χ1n) is 24.9. The molecule has 1 amide bonds. The van der Waals surface area contributed by atoms with Crippen LogP contribution in [0.25, 0.3) is 11.0 Å². The molecule has 2 aliphatic heterocycles. The van der Waals surface area contributed by atoms with E-state index in [1.165, 1.54) is 22.9 Å². The Kier molecular flexibility index (Phi) is 13.5. The minimum absolute atomic E-state index is 0.0542. The second-order valence-electron chi connectivity index (χ2n) is 21.0. The average Bonchev–Trinajstić information content (AvgIpc) is 3.81. The minimum Gasteiger partial charge on any atom is -0.497 e. The van der Waals surface area contributed by atoms with Crippen LogP contribution in [-0.2, 0) is 16.6 Å². The van der Waals surface area contributed by atoms with Gasteiger partial charge in [-0.2, -0.15) is 0 Å². The maximum Gasteiger partial charge on any atom is 0.312 e. The van der Waals surface area contributed by atoms with Gasteiger partial charge >= 0.3 is 5.69 Å². The number of nitrogens with zero attached hydrogens (tertiary/aromatic N) is 6. The van der Waals surface area contributed by atoms with Gasteiger partial charge in [0.2, 0.25) is 5.82 Å². The highest BCUT2D eigenvalue weighted by Crippen LogP contribution is 2.54. The predicted octanol–water partition coefficient (Wildman–Crippen LogP) is 8.79. The van der Waals surface area contributed by atoms with Crippen molar-refractivity contribution < 1.29 is 32.7 Å². The number of nitrogens with one attached hydrogen (secondary N) is 3. The number of fused-ring (bicyclic) bond motifs is 1. The fourth-order valence-corrected chi connectivity index (χ4v) is 12.3. The Morgan fingerprint density at radius 1 is 0.972 bits per heavy atom. The zero-order valence-corrected chi connectivity index (χ0v) is 42.0. The number of aromatic amines is 1. The molecule has 17 nitrogen and oxygen atoms in total. The number of aromatic nitrogens is 3. The molecule has 4 aliphatic rings. The second kappa shape index (κ2) is 19.8. The number of carbonyl (C=O) groups excluding carboxylic acids is 1. The Morgan fingerprint density at radius 2 is 1.74 bits per heavy atom. The molecule has 3 aromatic carbocycles.